The number of fused-ring (bicyclic) bond motifs is 1. The topological polar surface area (TPSA) is 59.2 Å². The third-order valence-electron chi connectivity index (χ3n) is 4.75. The minimum Gasteiger partial charge on any atom is -0.356 e. The van der Waals surface area contributed by atoms with Crippen LogP contribution in [-0.2, 0) is 0 Å². The minimum absolute atomic E-state index is 0.356. The molecule has 0 N–H and O–H groups in total. The second kappa shape index (κ2) is 6.78. The molecule has 0 aromatic carbocycles. The third kappa shape index (κ3) is 3.21. The lowest BCUT2D eigenvalue weighted by Crippen LogP contribution is -2.27. The molecule has 0 amide bonds. The highest BCUT2D eigenvalue weighted by Gasteiger charge is 2.19. The van der Waals surface area contributed by atoms with Crippen molar-refractivity contribution in [2.75, 3.05) is 18.0 Å². The second-order valence-corrected chi connectivity index (χ2v) is 6.98. The Morgan fingerprint density at radius 1 is 1.04 bits per heavy atom. The lowest BCUT2D eigenvalue weighted by atomic mass is 10.1. The van der Waals surface area contributed by atoms with Gasteiger partial charge in [-0.3, -0.25) is 4.98 Å². The van der Waals surface area contributed by atoms with Crippen molar-refractivity contribution in [3.63, 3.8) is 0 Å². The van der Waals surface area contributed by atoms with E-state index in [2.05, 4.69) is 34.8 Å². The Morgan fingerprint density at radius 3 is 2.52 bits per heavy atom. The van der Waals surface area contributed by atoms with Gasteiger partial charge in [0.25, 0.3) is 5.78 Å². The molecular formula is C19H24N6. The van der Waals surface area contributed by atoms with Gasteiger partial charge in [0.15, 0.2) is 5.82 Å². The number of hydrogen-bond donors (Lipinski definition) is 0. The first-order valence-corrected chi connectivity index (χ1v) is 9.15. The van der Waals surface area contributed by atoms with Crippen molar-refractivity contribution in [1.82, 2.24) is 24.6 Å². The number of nitrogens with zero attached hydrogens (tertiary/aromatic N) is 6. The maximum atomic E-state index is 4.75. The van der Waals surface area contributed by atoms with E-state index in [0.29, 0.717) is 17.5 Å². The Balaban J connectivity index is 1.85. The van der Waals surface area contributed by atoms with Crippen molar-refractivity contribution in [3.8, 4) is 11.4 Å². The summed E-state index contributed by atoms with van der Waals surface area (Å²) in [7, 11) is 0. The monoisotopic (exact) mass is 336 g/mol. The largest absolute Gasteiger partial charge is 0.356 e. The molecule has 0 radical (unpaired) electrons. The number of anilines is 1. The molecule has 6 heteroatoms. The first kappa shape index (κ1) is 16.0. The van der Waals surface area contributed by atoms with E-state index in [1.54, 1.807) is 12.4 Å². The Hall–Kier alpha value is -2.50. The van der Waals surface area contributed by atoms with E-state index >= 15 is 0 Å². The van der Waals surface area contributed by atoms with Gasteiger partial charge in [-0.1, -0.05) is 26.7 Å². The van der Waals surface area contributed by atoms with Crippen molar-refractivity contribution in [2.45, 2.75) is 45.4 Å². The molecule has 3 aromatic rings. The fraction of sp³-hybridized carbons (Fsp3) is 0.474. The molecule has 130 valence electrons. The van der Waals surface area contributed by atoms with E-state index < -0.39 is 0 Å². The molecule has 0 spiro atoms. The molecule has 1 fully saturated rings. The molecule has 6 nitrogen and oxygen atoms in total. The molecule has 4 rings (SSSR count). The fourth-order valence-corrected chi connectivity index (χ4v) is 3.31. The first-order valence-electron chi connectivity index (χ1n) is 9.15. The van der Waals surface area contributed by atoms with Gasteiger partial charge in [0.05, 0.1) is 5.69 Å². The van der Waals surface area contributed by atoms with Crippen molar-refractivity contribution >= 4 is 11.6 Å². The smallest absolute Gasteiger partial charge is 0.254 e. The predicted octanol–water partition coefficient (Wildman–Crippen LogP) is 3.69. The Kier molecular flexibility index (Phi) is 4.34. The van der Waals surface area contributed by atoms with E-state index in [0.717, 1.165) is 30.2 Å². The van der Waals surface area contributed by atoms with Gasteiger partial charge in [-0.05, 0) is 30.9 Å². The van der Waals surface area contributed by atoms with Crippen LogP contribution in [0.2, 0.25) is 0 Å². The molecule has 1 aliphatic rings. The summed E-state index contributed by atoms with van der Waals surface area (Å²) in [6, 6.07) is 6.07. The molecule has 3 aromatic heterocycles. The van der Waals surface area contributed by atoms with Gasteiger partial charge in [-0.15, -0.1) is 5.10 Å². The van der Waals surface area contributed by atoms with Gasteiger partial charge in [0, 0.05) is 37.1 Å². The normalized spacial score (nSPS) is 15.7. The van der Waals surface area contributed by atoms with Crippen LogP contribution in [0.1, 0.15) is 51.1 Å². The highest BCUT2D eigenvalue weighted by Crippen LogP contribution is 2.25. The molecule has 0 saturated carbocycles. The van der Waals surface area contributed by atoms with Crippen LogP contribution < -0.4 is 4.90 Å². The van der Waals surface area contributed by atoms with Crippen molar-refractivity contribution in [3.05, 3.63) is 36.3 Å². The Morgan fingerprint density at radius 2 is 1.84 bits per heavy atom. The lowest BCUT2D eigenvalue weighted by molar-refractivity contribution is 0.726. The summed E-state index contributed by atoms with van der Waals surface area (Å²) in [5.41, 5.74) is 1.98. The van der Waals surface area contributed by atoms with Crippen LogP contribution in [0.4, 0.5) is 5.82 Å². The molecule has 4 heterocycles. The molecule has 0 aliphatic carbocycles. The summed E-state index contributed by atoms with van der Waals surface area (Å²) in [6.45, 7) is 6.48. The van der Waals surface area contributed by atoms with Gasteiger partial charge in [0.2, 0.25) is 0 Å². The molecule has 0 atom stereocenters. The maximum Gasteiger partial charge on any atom is 0.254 e. The second-order valence-electron chi connectivity index (χ2n) is 6.98. The lowest BCUT2D eigenvalue weighted by Gasteiger charge is -2.23. The zero-order chi connectivity index (χ0) is 17.2. The van der Waals surface area contributed by atoms with Crippen LogP contribution >= 0.6 is 0 Å². The summed E-state index contributed by atoms with van der Waals surface area (Å²) < 4.78 is 1.90. The zero-order valence-corrected chi connectivity index (χ0v) is 14.9. The fourth-order valence-electron chi connectivity index (χ4n) is 3.31. The average molecular weight is 336 g/mol. The Labute approximate surface area is 147 Å². The standard InChI is InChI=1S/C19H24N6/c1-14(2)16-12-17(24-10-5-3-4-6-11-24)25-19(21-16)22-18(23-25)15-8-7-9-20-13-15/h7-9,12-14H,3-6,10-11H2,1-2H3. The van der Waals surface area contributed by atoms with Gasteiger partial charge in [-0.25, -0.2) is 4.98 Å². The van der Waals surface area contributed by atoms with Gasteiger partial charge < -0.3 is 4.90 Å². The highest BCUT2D eigenvalue weighted by atomic mass is 15.4. The van der Waals surface area contributed by atoms with E-state index in [1.165, 1.54) is 25.7 Å². The van der Waals surface area contributed by atoms with E-state index in [-0.39, 0.29) is 0 Å². The number of aromatic nitrogens is 5. The van der Waals surface area contributed by atoms with Crippen LogP contribution in [0.3, 0.4) is 0 Å². The van der Waals surface area contributed by atoms with Crippen LogP contribution in [0.25, 0.3) is 17.2 Å². The quantitative estimate of drug-likeness (QED) is 0.730. The first-order chi connectivity index (χ1) is 12.2. The molecule has 0 bridgehead atoms. The number of rotatable bonds is 3. The molecule has 0 unspecified atom stereocenters. The number of pyridine rings is 1. The SMILES string of the molecule is CC(C)c1cc(N2CCCCCC2)n2nc(-c3cccnc3)nc2n1. The average Bonchev–Trinajstić information content (AvgIpc) is 2.88. The van der Waals surface area contributed by atoms with E-state index in [1.807, 2.05) is 16.6 Å². The van der Waals surface area contributed by atoms with Crippen molar-refractivity contribution in [1.29, 1.82) is 0 Å². The minimum atomic E-state index is 0.356. The van der Waals surface area contributed by atoms with Crippen molar-refractivity contribution < 1.29 is 0 Å². The van der Waals surface area contributed by atoms with E-state index in [9.17, 15) is 0 Å². The highest BCUT2D eigenvalue weighted by molar-refractivity contribution is 5.58. The van der Waals surface area contributed by atoms with Gasteiger partial charge >= 0.3 is 0 Å². The van der Waals surface area contributed by atoms with Gasteiger partial charge in [0.1, 0.15) is 5.82 Å². The van der Waals surface area contributed by atoms with Crippen LogP contribution in [0.5, 0.6) is 0 Å². The molecule has 25 heavy (non-hydrogen) atoms. The third-order valence-corrected chi connectivity index (χ3v) is 4.75. The molecular weight excluding hydrogens is 312 g/mol. The number of hydrogen-bond acceptors (Lipinski definition) is 5. The summed E-state index contributed by atoms with van der Waals surface area (Å²) >= 11 is 0. The van der Waals surface area contributed by atoms with Gasteiger partial charge in [-0.2, -0.15) is 9.50 Å². The maximum absolute atomic E-state index is 4.75. The molecule has 1 saturated heterocycles. The van der Waals surface area contributed by atoms with Crippen LogP contribution in [-0.4, -0.2) is 37.7 Å². The van der Waals surface area contributed by atoms with Crippen LogP contribution in [0.15, 0.2) is 30.6 Å². The predicted molar refractivity (Wildman–Crippen MR) is 98.8 cm³/mol. The van der Waals surface area contributed by atoms with Crippen LogP contribution in [0, 0.1) is 0 Å². The summed E-state index contributed by atoms with van der Waals surface area (Å²) in [4.78, 5) is 16.0. The summed E-state index contributed by atoms with van der Waals surface area (Å²) in [6.07, 6.45) is 8.62. The van der Waals surface area contributed by atoms with Crippen molar-refractivity contribution in [2.24, 2.45) is 0 Å². The van der Waals surface area contributed by atoms with E-state index in [4.69, 9.17) is 10.1 Å². The Bertz CT molecular complexity index is 847. The molecule has 1 aliphatic heterocycles. The summed E-state index contributed by atoms with van der Waals surface area (Å²) in [5, 5.41) is 4.75. The summed E-state index contributed by atoms with van der Waals surface area (Å²) in [5.74, 6) is 2.81. The zero-order valence-electron chi connectivity index (χ0n) is 14.9.